The van der Waals surface area contributed by atoms with E-state index in [0.717, 1.165) is 63.9 Å². The van der Waals surface area contributed by atoms with Crippen LogP contribution in [0.2, 0.25) is 0 Å². The van der Waals surface area contributed by atoms with Crippen molar-refractivity contribution in [3.63, 3.8) is 0 Å². The zero-order valence-electron chi connectivity index (χ0n) is 49.0. The molecule has 2 aliphatic heterocycles. The fourth-order valence-electron chi connectivity index (χ4n) is 15.3. The SMILES string of the molecule is Cc1ccccc1N(c1ccccc1)c1cc2c3c(c1)N(c1ccc(C(C)(C)C)cc1)c1c(oc4cc5c(cc14)C1(C)CCC5(C)C1)B3c1cc3c(cc1N2c1ccc(C(C)(C)C)cc1-c1ccccc1)C(C)(C)CCC3(C)C. The van der Waals surface area contributed by atoms with E-state index in [4.69, 9.17) is 4.42 Å². The first-order valence-electron chi connectivity index (χ1n) is 29.3. The van der Waals surface area contributed by atoms with E-state index in [9.17, 15) is 0 Å². The van der Waals surface area contributed by atoms with Gasteiger partial charge in [-0.1, -0.05) is 174 Å². The fraction of sp³-hybridized carbons (Fsp3) is 0.324. The molecule has 2 atom stereocenters. The summed E-state index contributed by atoms with van der Waals surface area (Å²) in [4.78, 5) is 7.81. The predicted molar refractivity (Wildman–Crippen MR) is 336 cm³/mol. The maximum atomic E-state index is 7.82. The molecule has 14 rings (SSSR count). The highest BCUT2D eigenvalue weighted by Gasteiger charge is 2.55. The quantitative estimate of drug-likeness (QED) is 0.155. The maximum Gasteiger partial charge on any atom is 0.297 e. The minimum atomic E-state index is -0.209. The van der Waals surface area contributed by atoms with Crippen LogP contribution in [0, 0.1) is 6.92 Å². The van der Waals surface area contributed by atoms with Gasteiger partial charge in [-0.05, 0) is 200 Å². The number of furan rings is 1. The second-order valence-electron chi connectivity index (χ2n) is 28.3. The Hall–Kier alpha value is -7.24. The lowest BCUT2D eigenvalue weighted by molar-refractivity contribution is 0.332. The van der Waals surface area contributed by atoms with Crippen molar-refractivity contribution < 1.29 is 4.42 Å². The van der Waals surface area contributed by atoms with Gasteiger partial charge in [0.25, 0.3) is 6.71 Å². The second kappa shape index (κ2) is 16.9. The van der Waals surface area contributed by atoms with Crippen LogP contribution in [0.4, 0.5) is 51.2 Å². The number of rotatable bonds is 6. The Bertz CT molecular complexity index is 3960. The van der Waals surface area contributed by atoms with E-state index >= 15 is 0 Å². The van der Waals surface area contributed by atoms with Gasteiger partial charge in [0.2, 0.25) is 0 Å². The normalized spacial score (nSPS) is 20.2. The minimum Gasteiger partial charge on any atom is -0.468 e. The van der Waals surface area contributed by atoms with Crippen LogP contribution in [0.3, 0.4) is 0 Å². The van der Waals surface area contributed by atoms with Gasteiger partial charge in [-0.25, -0.2) is 0 Å². The van der Waals surface area contributed by atoms with Crippen LogP contribution in [0.1, 0.15) is 154 Å². The van der Waals surface area contributed by atoms with E-state index < -0.39 is 0 Å². The van der Waals surface area contributed by atoms with Gasteiger partial charge in [0.05, 0.1) is 22.7 Å². The molecule has 79 heavy (non-hydrogen) atoms. The summed E-state index contributed by atoms with van der Waals surface area (Å²) in [7, 11) is 0. The van der Waals surface area contributed by atoms with Gasteiger partial charge in [0.1, 0.15) is 5.58 Å². The van der Waals surface area contributed by atoms with Gasteiger partial charge in [-0.2, -0.15) is 0 Å². The Morgan fingerprint density at radius 3 is 1.73 bits per heavy atom. The average Bonchev–Trinajstić information content (AvgIpc) is 3.97. The molecular weight excluding hydrogens is 958 g/mol. The van der Waals surface area contributed by atoms with Crippen molar-refractivity contribution in [1.29, 1.82) is 0 Å². The highest BCUT2D eigenvalue weighted by molar-refractivity contribution is 7.00. The van der Waals surface area contributed by atoms with Gasteiger partial charge in [0.15, 0.2) is 0 Å². The zero-order valence-corrected chi connectivity index (χ0v) is 49.0. The first kappa shape index (κ1) is 50.0. The predicted octanol–water partition coefficient (Wildman–Crippen LogP) is 18.6. The molecular formula is C74H76BN3O. The number of aryl methyl sites for hydroxylation is 1. The molecule has 4 nitrogen and oxygen atoms in total. The molecule has 2 unspecified atom stereocenters. The Labute approximate surface area is 470 Å². The molecule has 3 aliphatic carbocycles. The lowest BCUT2D eigenvalue weighted by Crippen LogP contribution is -2.61. The van der Waals surface area contributed by atoms with Crippen LogP contribution in [-0.4, -0.2) is 6.71 Å². The lowest BCUT2D eigenvalue weighted by Gasteiger charge is -2.47. The van der Waals surface area contributed by atoms with E-state index in [-0.39, 0.29) is 39.2 Å². The molecule has 0 spiro atoms. The lowest BCUT2D eigenvalue weighted by atomic mass is 9.35. The number of fused-ring (bicyclic) bond motifs is 12. The minimum absolute atomic E-state index is 0.0159. The number of nitrogens with zero attached hydrogens (tertiary/aromatic N) is 3. The molecule has 9 aromatic rings. The summed E-state index contributed by atoms with van der Waals surface area (Å²) in [6, 6.07) is 63.3. The van der Waals surface area contributed by atoms with Gasteiger partial charge in [-0.3, -0.25) is 0 Å². The molecule has 5 heteroatoms. The molecule has 3 heterocycles. The number of benzene rings is 8. The third kappa shape index (κ3) is 7.53. The van der Waals surface area contributed by atoms with Gasteiger partial charge in [-0.15, -0.1) is 0 Å². The van der Waals surface area contributed by atoms with Crippen molar-refractivity contribution in [3.8, 4) is 11.1 Å². The summed E-state index contributed by atoms with van der Waals surface area (Å²) in [5, 5.41) is 1.20. The largest absolute Gasteiger partial charge is 0.468 e. The van der Waals surface area contributed by atoms with E-state index in [2.05, 4.69) is 269 Å². The van der Waals surface area contributed by atoms with Crippen LogP contribution in [0.15, 0.2) is 168 Å². The highest BCUT2D eigenvalue weighted by atomic mass is 16.3. The van der Waals surface area contributed by atoms with Crippen LogP contribution in [-0.2, 0) is 32.5 Å². The average molecular weight is 1030 g/mol. The maximum absolute atomic E-state index is 7.82. The van der Waals surface area contributed by atoms with Crippen molar-refractivity contribution in [1.82, 2.24) is 0 Å². The van der Waals surface area contributed by atoms with Crippen molar-refractivity contribution in [2.45, 2.75) is 155 Å². The van der Waals surface area contributed by atoms with Gasteiger partial charge in [0, 0.05) is 45.1 Å². The topological polar surface area (TPSA) is 22.9 Å². The van der Waals surface area contributed by atoms with Crippen molar-refractivity contribution in [2.24, 2.45) is 0 Å². The standard InChI is InChI=1S/C74H76BN3O/c1-46-22-20-21-27-60(46)76(50-25-18-15-19-26-50)52-39-63-66-64(40-52)78(61-33-30-49(70(5,6)7)38-53(61)47-23-16-14-17-24-47)62-43-56-55(71(8,9)34-35-72(56,10)11)42-59(62)75(66)68-67(77(63)51-31-28-48(29-32-51)69(2,3)4)54-41-57-58(44-65(54)79-68)74(13)37-36-73(57,12)45-74/h14-33,38-44H,34-37,45H2,1-13H3. The fourth-order valence-corrected chi connectivity index (χ4v) is 15.3. The first-order valence-corrected chi connectivity index (χ1v) is 29.3. The molecule has 0 saturated heterocycles. The molecule has 5 aliphatic rings. The summed E-state index contributed by atoms with van der Waals surface area (Å²) in [5.74, 6) is 0. The zero-order chi connectivity index (χ0) is 54.9. The van der Waals surface area contributed by atoms with E-state index in [0.29, 0.717) is 0 Å². The molecule has 1 fully saturated rings. The molecule has 2 bridgehead atoms. The number of hydrogen-bond acceptors (Lipinski definition) is 4. The molecule has 1 aromatic heterocycles. The molecule has 1 saturated carbocycles. The van der Waals surface area contributed by atoms with E-state index in [1.165, 1.54) is 97.0 Å². The third-order valence-corrected chi connectivity index (χ3v) is 19.9. The van der Waals surface area contributed by atoms with Crippen LogP contribution in [0.5, 0.6) is 0 Å². The summed E-state index contributed by atoms with van der Waals surface area (Å²) < 4.78 is 7.82. The summed E-state index contributed by atoms with van der Waals surface area (Å²) in [6.45, 7) is 31.0. The van der Waals surface area contributed by atoms with Crippen molar-refractivity contribution >= 4 is 85.5 Å². The van der Waals surface area contributed by atoms with Gasteiger partial charge < -0.3 is 19.1 Å². The molecule has 0 amide bonds. The summed E-state index contributed by atoms with van der Waals surface area (Å²) in [5.41, 5.74) is 27.2. The Morgan fingerprint density at radius 1 is 0.506 bits per heavy atom. The van der Waals surface area contributed by atoms with Crippen LogP contribution in [0.25, 0.3) is 22.1 Å². The van der Waals surface area contributed by atoms with E-state index in [1.54, 1.807) is 0 Å². The monoisotopic (exact) mass is 1030 g/mol. The third-order valence-electron chi connectivity index (χ3n) is 19.9. The van der Waals surface area contributed by atoms with Gasteiger partial charge >= 0.3 is 0 Å². The Kier molecular flexibility index (Phi) is 10.7. The number of hydrogen-bond donors (Lipinski definition) is 0. The highest BCUT2D eigenvalue weighted by Crippen LogP contribution is 2.62. The van der Waals surface area contributed by atoms with Crippen LogP contribution >= 0.6 is 0 Å². The van der Waals surface area contributed by atoms with Crippen LogP contribution < -0.4 is 31.3 Å². The molecule has 396 valence electrons. The Morgan fingerprint density at radius 2 is 1.09 bits per heavy atom. The first-order chi connectivity index (χ1) is 37.5. The molecule has 8 aromatic carbocycles. The molecule has 0 radical (unpaired) electrons. The number of para-hydroxylation sites is 2. The summed E-state index contributed by atoms with van der Waals surface area (Å²) in [6.07, 6.45) is 5.88. The smallest absolute Gasteiger partial charge is 0.297 e. The number of anilines is 9. The van der Waals surface area contributed by atoms with Crippen molar-refractivity contribution in [3.05, 3.63) is 203 Å². The second-order valence-corrected chi connectivity index (χ2v) is 28.3. The molecule has 0 N–H and O–H groups in total. The van der Waals surface area contributed by atoms with E-state index in [1.807, 2.05) is 0 Å². The summed E-state index contributed by atoms with van der Waals surface area (Å²) >= 11 is 0. The Balaban J connectivity index is 1.17. The van der Waals surface area contributed by atoms with Crippen molar-refractivity contribution in [2.75, 3.05) is 14.7 Å².